The topological polar surface area (TPSA) is 74.6 Å². The first-order chi connectivity index (χ1) is 12.0. The highest BCUT2D eigenvalue weighted by Gasteiger charge is 2.15. The van der Waals surface area contributed by atoms with Gasteiger partial charge in [0.25, 0.3) is 5.91 Å². The predicted molar refractivity (Wildman–Crippen MR) is 96.3 cm³/mol. The normalized spacial score (nSPS) is 12.0. The Hall–Kier alpha value is -2.60. The molecular formula is C19H25N3O3. The molecule has 0 saturated heterocycles. The molecule has 0 spiro atoms. The van der Waals surface area contributed by atoms with E-state index in [0.29, 0.717) is 12.1 Å². The molecule has 1 atom stereocenters. The third-order valence-electron chi connectivity index (χ3n) is 4.00. The number of nitrogens with one attached hydrogen (secondary N) is 2. The van der Waals surface area contributed by atoms with Gasteiger partial charge >= 0.3 is 0 Å². The van der Waals surface area contributed by atoms with E-state index < -0.39 is 0 Å². The summed E-state index contributed by atoms with van der Waals surface area (Å²) in [6.45, 7) is 2.85. The minimum Gasteiger partial charge on any atom is -0.472 e. The molecule has 0 saturated carbocycles. The monoisotopic (exact) mass is 343 g/mol. The van der Waals surface area contributed by atoms with E-state index >= 15 is 0 Å². The minimum atomic E-state index is -0.243. The van der Waals surface area contributed by atoms with E-state index in [1.807, 2.05) is 21.0 Å². The fraction of sp³-hybridized carbons (Fsp3) is 0.368. The van der Waals surface area contributed by atoms with Crippen LogP contribution in [0.5, 0.6) is 0 Å². The summed E-state index contributed by atoms with van der Waals surface area (Å²) in [7, 11) is 3.98. The van der Waals surface area contributed by atoms with Gasteiger partial charge in [-0.3, -0.25) is 9.59 Å². The van der Waals surface area contributed by atoms with E-state index in [-0.39, 0.29) is 30.8 Å². The van der Waals surface area contributed by atoms with E-state index in [4.69, 9.17) is 4.42 Å². The molecule has 1 heterocycles. The highest BCUT2D eigenvalue weighted by atomic mass is 16.3. The summed E-state index contributed by atoms with van der Waals surface area (Å²) < 4.78 is 4.85. The van der Waals surface area contributed by atoms with Gasteiger partial charge in [0.1, 0.15) is 6.26 Å². The van der Waals surface area contributed by atoms with E-state index in [1.54, 1.807) is 6.07 Å². The standard InChI is InChI=1S/C19H25N3O3/c1-14-4-6-15(7-5-14)17(22(2)3)12-21-18(23)8-10-20-19(24)16-9-11-25-13-16/h4-7,9,11,13,17H,8,10,12H2,1-3H3,(H,20,24)(H,21,23). The average Bonchev–Trinajstić information content (AvgIpc) is 3.11. The highest BCUT2D eigenvalue weighted by Crippen LogP contribution is 2.17. The number of amides is 2. The number of benzene rings is 1. The number of hydrogen-bond donors (Lipinski definition) is 2. The molecule has 1 unspecified atom stereocenters. The van der Waals surface area contributed by atoms with Gasteiger partial charge in [-0.1, -0.05) is 29.8 Å². The zero-order valence-corrected chi connectivity index (χ0v) is 14.9. The van der Waals surface area contributed by atoms with Crippen molar-refractivity contribution in [2.75, 3.05) is 27.2 Å². The number of furan rings is 1. The first-order valence-corrected chi connectivity index (χ1v) is 8.27. The third-order valence-corrected chi connectivity index (χ3v) is 4.00. The van der Waals surface area contributed by atoms with Crippen molar-refractivity contribution in [1.29, 1.82) is 0 Å². The van der Waals surface area contributed by atoms with Crippen molar-refractivity contribution in [3.05, 3.63) is 59.5 Å². The maximum Gasteiger partial charge on any atom is 0.254 e. The molecular weight excluding hydrogens is 318 g/mol. The molecule has 0 radical (unpaired) electrons. The van der Waals surface area contributed by atoms with Crippen LogP contribution in [0, 0.1) is 6.92 Å². The van der Waals surface area contributed by atoms with Crippen LogP contribution < -0.4 is 10.6 Å². The van der Waals surface area contributed by atoms with Crippen LogP contribution >= 0.6 is 0 Å². The van der Waals surface area contributed by atoms with Gasteiger partial charge in [-0.15, -0.1) is 0 Å². The maximum atomic E-state index is 12.0. The van der Waals surface area contributed by atoms with Crippen molar-refractivity contribution in [2.45, 2.75) is 19.4 Å². The van der Waals surface area contributed by atoms with Crippen LogP contribution in [0.25, 0.3) is 0 Å². The van der Waals surface area contributed by atoms with Gasteiger partial charge in [-0.2, -0.15) is 0 Å². The first kappa shape index (κ1) is 18.7. The van der Waals surface area contributed by atoms with Crippen LogP contribution in [0.1, 0.15) is 33.9 Å². The first-order valence-electron chi connectivity index (χ1n) is 8.27. The summed E-state index contributed by atoms with van der Waals surface area (Å²) in [5.41, 5.74) is 2.82. The molecule has 25 heavy (non-hydrogen) atoms. The van der Waals surface area contributed by atoms with E-state index in [9.17, 15) is 9.59 Å². The fourth-order valence-corrected chi connectivity index (χ4v) is 2.47. The number of carbonyl (C=O) groups excluding carboxylic acids is 2. The lowest BCUT2D eigenvalue weighted by Crippen LogP contribution is -2.36. The van der Waals surface area contributed by atoms with Gasteiger partial charge in [0, 0.05) is 19.5 Å². The summed E-state index contributed by atoms with van der Waals surface area (Å²) in [6.07, 6.45) is 3.05. The Kier molecular flexibility index (Phi) is 6.77. The van der Waals surface area contributed by atoms with Gasteiger partial charge in [0.05, 0.1) is 17.9 Å². The molecule has 0 aliphatic rings. The van der Waals surface area contributed by atoms with Gasteiger partial charge in [0.2, 0.25) is 5.91 Å². The lowest BCUT2D eigenvalue weighted by atomic mass is 10.0. The zero-order valence-electron chi connectivity index (χ0n) is 14.9. The number of aryl methyl sites for hydroxylation is 1. The van der Waals surface area contributed by atoms with Crippen LogP contribution in [-0.2, 0) is 4.79 Å². The smallest absolute Gasteiger partial charge is 0.254 e. The molecule has 134 valence electrons. The third kappa shape index (κ3) is 5.76. The average molecular weight is 343 g/mol. The Morgan fingerprint density at radius 3 is 2.44 bits per heavy atom. The van der Waals surface area contributed by atoms with E-state index in [0.717, 1.165) is 5.56 Å². The van der Waals surface area contributed by atoms with Crippen molar-refractivity contribution < 1.29 is 14.0 Å². The molecule has 0 aliphatic carbocycles. The summed E-state index contributed by atoms with van der Waals surface area (Å²) in [5, 5.41) is 5.63. The molecule has 2 amide bonds. The van der Waals surface area contributed by atoms with Crippen molar-refractivity contribution >= 4 is 11.8 Å². The molecule has 1 aromatic carbocycles. The van der Waals surface area contributed by atoms with Gasteiger partial charge in [0.15, 0.2) is 0 Å². The van der Waals surface area contributed by atoms with Crippen LogP contribution in [0.2, 0.25) is 0 Å². The Bertz CT molecular complexity index is 678. The molecule has 6 heteroatoms. The molecule has 2 N–H and O–H groups in total. The highest BCUT2D eigenvalue weighted by molar-refractivity contribution is 5.94. The summed E-state index contributed by atoms with van der Waals surface area (Å²) in [6, 6.07) is 9.98. The fourth-order valence-electron chi connectivity index (χ4n) is 2.47. The van der Waals surface area contributed by atoms with Crippen LogP contribution in [0.15, 0.2) is 47.3 Å². The van der Waals surface area contributed by atoms with E-state index in [1.165, 1.54) is 18.1 Å². The zero-order chi connectivity index (χ0) is 18.2. The van der Waals surface area contributed by atoms with Gasteiger partial charge in [-0.25, -0.2) is 0 Å². The van der Waals surface area contributed by atoms with Crippen LogP contribution in [-0.4, -0.2) is 43.9 Å². The second kappa shape index (κ2) is 9.03. The largest absolute Gasteiger partial charge is 0.472 e. The van der Waals surface area contributed by atoms with Crippen molar-refractivity contribution in [3.63, 3.8) is 0 Å². The number of carbonyl (C=O) groups is 2. The van der Waals surface area contributed by atoms with Gasteiger partial charge < -0.3 is 20.0 Å². The Morgan fingerprint density at radius 2 is 1.84 bits per heavy atom. The van der Waals surface area contributed by atoms with Gasteiger partial charge in [-0.05, 0) is 32.6 Å². The molecule has 0 fully saturated rings. The van der Waals surface area contributed by atoms with Crippen molar-refractivity contribution in [2.24, 2.45) is 0 Å². The number of nitrogens with zero attached hydrogens (tertiary/aromatic N) is 1. The number of hydrogen-bond acceptors (Lipinski definition) is 4. The second-order valence-electron chi connectivity index (χ2n) is 6.21. The SMILES string of the molecule is Cc1ccc(C(CNC(=O)CCNC(=O)c2ccoc2)N(C)C)cc1. The molecule has 2 aromatic rings. The molecule has 0 bridgehead atoms. The molecule has 1 aromatic heterocycles. The van der Waals surface area contributed by atoms with Crippen molar-refractivity contribution in [3.8, 4) is 0 Å². The number of rotatable bonds is 8. The Morgan fingerprint density at radius 1 is 1.12 bits per heavy atom. The Balaban J connectivity index is 1.77. The van der Waals surface area contributed by atoms with Crippen molar-refractivity contribution in [1.82, 2.24) is 15.5 Å². The van der Waals surface area contributed by atoms with Crippen LogP contribution in [0.4, 0.5) is 0 Å². The molecule has 6 nitrogen and oxygen atoms in total. The lowest BCUT2D eigenvalue weighted by molar-refractivity contribution is -0.121. The summed E-state index contributed by atoms with van der Waals surface area (Å²) in [4.78, 5) is 25.8. The van der Waals surface area contributed by atoms with E-state index in [2.05, 4.69) is 39.8 Å². The minimum absolute atomic E-state index is 0.0912. The quantitative estimate of drug-likeness (QED) is 0.770. The summed E-state index contributed by atoms with van der Waals surface area (Å²) in [5.74, 6) is -0.334. The Labute approximate surface area is 148 Å². The molecule has 2 rings (SSSR count). The number of likely N-dealkylation sites (N-methyl/N-ethyl adjacent to an activating group) is 1. The lowest BCUT2D eigenvalue weighted by Gasteiger charge is -2.25. The molecule has 0 aliphatic heterocycles. The maximum absolute atomic E-state index is 12.0. The van der Waals surface area contributed by atoms with Crippen LogP contribution in [0.3, 0.4) is 0 Å². The second-order valence-corrected chi connectivity index (χ2v) is 6.21. The summed E-state index contributed by atoms with van der Waals surface area (Å²) >= 11 is 0. The predicted octanol–water partition coefficient (Wildman–Crippen LogP) is 2.13.